The third-order valence-electron chi connectivity index (χ3n) is 5.37. The Kier molecular flexibility index (Phi) is 4.42. The molecule has 3 aliphatic rings. The van der Waals surface area contributed by atoms with Gasteiger partial charge in [-0.25, -0.2) is 0 Å². The molecule has 0 radical (unpaired) electrons. The first-order valence-corrected chi connectivity index (χ1v) is 8.14. The Balaban J connectivity index is 1.54. The fraction of sp³-hybridized carbons (Fsp3) is 1.00. The van der Waals surface area contributed by atoms with Crippen LogP contribution in [0.4, 0.5) is 0 Å². The summed E-state index contributed by atoms with van der Waals surface area (Å²) in [5, 5.41) is 9.69. The normalized spacial score (nSPS) is 33.5. The topological polar surface area (TPSA) is 52.7 Å². The van der Waals surface area contributed by atoms with Crippen molar-refractivity contribution in [2.45, 2.75) is 56.7 Å². The van der Waals surface area contributed by atoms with Crippen LogP contribution in [0.5, 0.6) is 0 Å². The van der Waals surface area contributed by atoms with Gasteiger partial charge in [0.05, 0.1) is 6.61 Å². The van der Waals surface area contributed by atoms with E-state index in [9.17, 15) is 5.11 Å². The third kappa shape index (κ3) is 3.13. The maximum Gasteiger partial charge on any atom is 0.0602 e. The largest absolute Gasteiger partial charge is 0.395 e. The Labute approximate surface area is 116 Å². The summed E-state index contributed by atoms with van der Waals surface area (Å²) in [6.45, 7) is 5.01. The molecule has 0 aromatic rings. The molecule has 4 nitrogen and oxygen atoms in total. The van der Waals surface area contributed by atoms with Gasteiger partial charge in [-0.1, -0.05) is 6.42 Å². The molecule has 1 saturated carbocycles. The zero-order valence-electron chi connectivity index (χ0n) is 12.0. The molecular weight excluding hydrogens is 238 g/mol. The smallest absolute Gasteiger partial charge is 0.0602 e. The lowest BCUT2D eigenvalue weighted by Gasteiger charge is -2.34. The molecule has 2 heterocycles. The van der Waals surface area contributed by atoms with Crippen LogP contribution in [0.3, 0.4) is 0 Å². The Hall–Kier alpha value is -0.160. The summed E-state index contributed by atoms with van der Waals surface area (Å²) in [6.07, 6.45) is 7.91. The van der Waals surface area contributed by atoms with Crippen LogP contribution in [0, 0.1) is 5.92 Å². The first kappa shape index (κ1) is 13.8. The molecule has 0 amide bonds. The Morgan fingerprint density at radius 2 is 1.79 bits per heavy atom. The van der Waals surface area contributed by atoms with Gasteiger partial charge in [0.2, 0.25) is 0 Å². The maximum absolute atomic E-state index is 9.69. The number of nitrogens with zero attached hydrogens (tertiary/aromatic N) is 2. The van der Waals surface area contributed by atoms with E-state index >= 15 is 0 Å². The monoisotopic (exact) mass is 267 g/mol. The highest BCUT2D eigenvalue weighted by molar-refractivity contribution is 4.96. The molecule has 0 spiro atoms. The van der Waals surface area contributed by atoms with Crippen LogP contribution >= 0.6 is 0 Å². The molecule has 3 fully saturated rings. The number of piperidine rings is 1. The minimum absolute atomic E-state index is 0.185. The summed E-state index contributed by atoms with van der Waals surface area (Å²) in [6, 6.07) is 1.09. The molecular formula is C15H29N3O. The molecule has 19 heavy (non-hydrogen) atoms. The minimum atomic E-state index is 0.185. The number of nitrogens with two attached hydrogens (primary N) is 1. The summed E-state index contributed by atoms with van der Waals surface area (Å²) in [4.78, 5) is 5.13. The van der Waals surface area contributed by atoms with E-state index in [-0.39, 0.29) is 18.7 Å². The van der Waals surface area contributed by atoms with Crippen LogP contribution in [0.1, 0.15) is 38.5 Å². The molecule has 1 aliphatic carbocycles. The van der Waals surface area contributed by atoms with E-state index in [1.807, 2.05) is 0 Å². The summed E-state index contributed by atoms with van der Waals surface area (Å²) >= 11 is 0. The second-order valence-corrected chi connectivity index (χ2v) is 6.70. The van der Waals surface area contributed by atoms with E-state index < -0.39 is 0 Å². The Morgan fingerprint density at radius 1 is 1.05 bits per heavy atom. The van der Waals surface area contributed by atoms with Crippen molar-refractivity contribution in [2.75, 3.05) is 32.8 Å². The van der Waals surface area contributed by atoms with Gasteiger partial charge < -0.3 is 10.8 Å². The van der Waals surface area contributed by atoms with E-state index in [2.05, 4.69) is 9.80 Å². The number of aliphatic hydroxyl groups is 1. The summed E-state index contributed by atoms with van der Waals surface area (Å²) < 4.78 is 0. The van der Waals surface area contributed by atoms with Gasteiger partial charge in [0, 0.05) is 31.2 Å². The molecule has 0 aromatic heterocycles. The fourth-order valence-electron chi connectivity index (χ4n) is 3.93. The average molecular weight is 267 g/mol. The maximum atomic E-state index is 9.69. The van der Waals surface area contributed by atoms with Crippen LogP contribution in [0.2, 0.25) is 0 Å². The average Bonchev–Trinajstić information content (AvgIpc) is 3.20. The zero-order valence-corrected chi connectivity index (χ0v) is 12.0. The van der Waals surface area contributed by atoms with Gasteiger partial charge in [-0.2, -0.15) is 0 Å². The fourth-order valence-corrected chi connectivity index (χ4v) is 3.93. The Bertz CT molecular complexity index is 289. The first-order chi connectivity index (χ1) is 9.29. The second kappa shape index (κ2) is 6.08. The van der Waals surface area contributed by atoms with Gasteiger partial charge in [0.25, 0.3) is 0 Å². The van der Waals surface area contributed by atoms with Crippen LogP contribution in [-0.4, -0.2) is 65.8 Å². The predicted octanol–water partition coefficient (Wildman–Crippen LogP) is 0.645. The molecule has 0 aromatic carbocycles. The van der Waals surface area contributed by atoms with Crippen molar-refractivity contribution < 1.29 is 5.11 Å². The third-order valence-corrected chi connectivity index (χ3v) is 5.37. The van der Waals surface area contributed by atoms with Crippen molar-refractivity contribution in [1.29, 1.82) is 0 Å². The lowest BCUT2D eigenvalue weighted by molar-refractivity contribution is 0.103. The number of rotatable bonds is 5. The molecule has 3 rings (SSSR count). The first-order valence-electron chi connectivity index (χ1n) is 8.14. The van der Waals surface area contributed by atoms with Gasteiger partial charge in [-0.3, -0.25) is 9.80 Å². The lowest BCUT2D eigenvalue weighted by atomic mass is 10.0. The highest BCUT2D eigenvalue weighted by Gasteiger charge is 2.39. The van der Waals surface area contributed by atoms with Gasteiger partial charge in [-0.05, 0) is 51.1 Å². The van der Waals surface area contributed by atoms with Crippen LogP contribution in [-0.2, 0) is 0 Å². The van der Waals surface area contributed by atoms with Gasteiger partial charge in [0.1, 0.15) is 0 Å². The summed E-state index contributed by atoms with van der Waals surface area (Å²) in [7, 11) is 0. The lowest BCUT2D eigenvalue weighted by Crippen LogP contribution is -2.51. The highest BCUT2D eigenvalue weighted by atomic mass is 16.3. The van der Waals surface area contributed by atoms with Crippen LogP contribution < -0.4 is 5.73 Å². The minimum Gasteiger partial charge on any atom is -0.395 e. The van der Waals surface area contributed by atoms with E-state index in [0.29, 0.717) is 12.0 Å². The van der Waals surface area contributed by atoms with Crippen molar-refractivity contribution >= 4 is 0 Å². The molecule has 3 unspecified atom stereocenters. The molecule has 2 aliphatic heterocycles. The quantitative estimate of drug-likeness (QED) is 0.768. The van der Waals surface area contributed by atoms with Crippen molar-refractivity contribution in [3.8, 4) is 0 Å². The zero-order chi connectivity index (χ0) is 13.2. The number of hydrogen-bond donors (Lipinski definition) is 2. The molecule has 110 valence electrons. The number of hydrogen-bond acceptors (Lipinski definition) is 4. The number of likely N-dealkylation sites (tertiary alicyclic amines) is 2. The Morgan fingerprint density at radius 3 is 2.42 bits per heavy atom. The molecule has 0 bridgehead atoms. The molecule has 4 heteroatoms. The second-order valence-electron chi connectivity index (χ2n) is 6.70. The number of aliphatic hydroxyl groups excluding tert-OH is 1. The van der Waals surface area contributed by atoms with Gasteiger partial charge in [0.15, 0.2) is 0 Å². The SMILES string of the molecule is NC(C1CC1)C(CO)N1CCC(N2CCCCC2)C1. The van der Waals surface area contributed by atoms with Gasteiger partial charge >= 0.3 is 0 Å². The van der Waals surface area contributed by atoms with E-state index in [1.165, 1.54) is 51.6 Å². The standard InChI is InChI=1S/C15H29N3O/c16-15(12-4-5-12)14(11-19)18-9-6-13(10-18)17-7-2-1-3-8-17/h12-15,19H,1-11,16H2. The summed E-state index contributed by atoms with van der Waals surface area (Å²) in [5.74, 6) is 0.672. The van der Waals surface area contributed by atoms with Crippen LogP contribution in [0.15, 0.2) is 0 Å². The van der Waals surface area contributed by atoms with Crippen molar-refractivity contribution in [3.63, 3.8) is 0 Å². The van der Waals surface area contributed by atoms with Crippen molar-refractivity contribution in [2.24, 2.45) is 11.7 Å². The molecule has 3 atom stereocenters. The van der Waals surface area contributed by atoms with Crippen molar-refractivity contribution in [3.05, 3.63) is 0 Å². The van der Waals surface area contributed by atoms with E-state index in [1.54, 1.807) is 0 Å². The van der Waals surface area contributed by atoms with Crippen LogP contribution in [0.25, 0.3) is 0 Å². The molecule has 3 N–H and O–H groups in total. The summed E-state index contributed by atoms with van der Waals surface area (Å²) in [5.41, 5.74) is 6.32. The van der Waals surface area contributed by atoms with E-state index in [0.717, 1.165) is 13.1 Å². The highest BCUT2D eigenvalue weighted by Crippen LogP contribution is 2.35. The molecule has 2 saturated heterocycles. The van der Waals surface area contributed by atoms with Gasteiger partial charge in [-0.15, -0.1) is 0 Å². The predicted molar refractivity (Wildman–Crippen MR) is 77.0 cm³/mol. The van der Waals surface area contributed by atoms with Crippen molar-refractivity contribution in [1.82, 2.24) is 9.80 Å². The van der Waals surface area contributed by atoms with E-state index in [4.69, 9.17) is 5.73 Å².